The van der Waals surface area contributed by atoms with Gasteiger partial charge in [0.05, 0.1) is 29.2 Å². The van der Waals surface area contributed by atoms with Crippen molar-refractivity contribution in [3.8, 4) is 0 Å². The molecule has 0 radical (unpaired) electrons. The molecule has 0 spiro atoms. The molecule has 166 valence electrons. The number of anilines is 5. The molecule has 0 aliphatic rings. The van der Waals surface area contributed by atoms with E-state index < -0.39 is 15.8 Å². The van der Waals surface area contributed by atoms with Crippen LogP contribution >= 0.6 is 0 Å². The van der Waals surface area contributed by atoms with Gasteiger partial charge in [0.25, 0.3) is 0 Å². The highest BCUT2D eigenvalue weighted by atomic mass is 32.2. The minimum Gasteiger partial charge on any atom is -0.338 e. The zero-order valence-corrected chi connectivity index (χ0v) is 18.2. The molecular formula is C20H20FN7O3S. The van der Waals surface area contributed by atoms with E-state index in [9.17, 15) is 17.6 Å². The summed E-state index contributed by atoms with van der Waals surface area (Å²) in [7, 11) is -0.0831. The van der Waals surface area contributed by atoms with E-state index in [1.807, 2.05) is 0 Å². The number of sulfonamides is 1. The highest BCUT2D eigenvalue weighted by molar-refractivity contribution is 7.92. The number of benzene rings is 2. The first-order chi connectivity index (χ1) is 15.1. The lowest BCUT2D eigenvalue weighted by Gasteiger charge is -2.11. The largest absolute Gasteiger partial charge is 0.338 e. The van der Waals surface area contributed by atoms with Crippen molar-refractivity contribution in [2.45, 2.75) is 0 Å². The van der Waals surface area contributed by atoms with Crippen molar-refractivity contribution in [2.75, 3.05) is 21.6 Å². The Bertz CT molecular complexity index is 1500. The van der Waals surface area contributed by atoms with Crippen LogP contribution in [-0.2, 0) is 24.1 Å². The number of hydrogen-bond acceptors (Lipinski definition) is 7. The Morgan fingerprint density at radius 1 is 0.938 bits per heavy atom. The van der Waals surface area contributed by atoms with Gasteiger partial charge < -0.3 is 10.6 Å². The Kier molecular flexibility index (Phi) is 5.30. The van der Waals surface area contributed by atoms with Crippen LogP contribution in [0, 0.1) is 5.82 Å². The highest BCUT2D eigenvalue weighted by Crippen LogP contribution is 2.24. The second-order valence-corrected chi connectivity index (χ2v) is 8.95. The molecule has 4 aromatic rings. The van der Waals surface area contributed by atoms with Gasteiger partial charge in [0.15, 0.2) is 11.6 Å². The zero-order valence-electron chi connectivity index (χ0n) is 17.4. The minimum absolute atomic E-state index is 0.0619. The molecule has 32 heavy (non-hydrogen) atoms. The molecule has 0 saturated heterocycles. The molecule has 10 nitrogen and oxygen atoms in total. The quantitative estimate of drug-likeness (QED) is 0.407. The van der Waals surface area contributed by atoms with Crippen LogP contribution in [0.2, 0.25) is 0 Å². The van der Waals surface area contributed by atoms with Crippen molar-refractivity contribution in [1.82, 2.24) is 19.1 Å². The topological polar surface area (TPSA) is 123 Å². The number of hydrogen-bond donors (Lipinski definition) is 3. The molecular weight excluding hydrogens is 437 g/mol. The Morgan fingerprint density at radius 2 is 1.62 bits per heavy atom. The summed E-state index contributed by atoms with van der Waals surface area (Å²) in [6, 6.07) is 11.7. The van der Waals surface area contributed by atoms with Crippen LogP contribution < -0.4 is 21.0 Å². The van der Waals surface area contributed by atoms with Gasteiger partial charge in [-0.25, -0.2) is 22.6 Å². The van der Waals surface area contributed by atoms with Gasteiger partial charge in [-0.1, -0.05) is 6.07 Å². The van der Waals surface area contributed by atoms with Crippen LogP contribution in [0.3, 0.4) is 0 Å². The molecule has 0 amide bonds. The number of aromatic nitrogens is 4. The van der Waals surface area contributed by atoms with Crippen molar-refractivity contribution in [2.24, 2.45) is 14.1 Å². The summed E-state index contributed by atoms with van der Waals surface area (Å²) >= 11 is 0. The number of nitrogens with one attached hydrogen (secondary N) is 3. The smallest absolute Gasteiger partial charge is 0.328 e. The van der Waals surface area contributed by atoms with Crippen LogP contribution in [0.4, 0.5) is 33.2 Å². The summed E-state index contributed by atoms with van der Waals surface area (Å²) in [4.78, 5) is 20.2. The van der Waals surface area contributed by atoms with Crippen molar-refractivity contribution in [1.29, 1.82) is 0 Å². The summed E-state index contributed by atoms with van der Waals surface area (Å²) in [5.41, 5.74) is 2.68. The van der Waals surface area contributed by atoms with Crippen LogP contribution in [0.5, 0.6) is 0 Å². The maximum absolute atomic E-state index is 14.4. The Labute approximate surface area is 182 Å². The lowest BCUT2D eigenvalue weighted by Crippen LogP contribution is -2.19. The third kappa shape index (κ3) is 4.39. The predicted molar refractivity (Wildman–Crippen MR) is 122 cm³/mol. The van der Waals surface area contributed by atoms with Crippen molar-refractivity contribution in [3.05, 3.63) is 65.0 Å². The fraction of sp³-hybridized carbons (Fsp3) is 0.150. The first-order valence-corrected chi connectivity index (χ1v) is 11.3. The average Bonchev–Trinajstić information content (AvgIpc) is 2.93. The molecule has 2 aromatic carbocycles. The van der Waals surface area contributed by atoms with Gasteiger partial charge in [-0.2, -0.15) is 4.98 Å². The van der Waals surface area contributed by atoms with Gasteiger partial charge in [-0.05, 0) is 36.4 Å². The van der Waals surface area contributed by atoms with Crippen LogP contribution in [0.25, 0.3) is 11.0 Å². The van der Waals surface area contributed by atoms with Crippen molar-refractivity contribution >= 4 is 49.9 Å². The summed E-state index contributed by atoms with van der Waals surface area (Å²) < 4.78 is 42.6. The normalized spacial score (nSPS) is 11.5. The van der Waals surface area contributed by atoms with Gasteiger partial charge >= 0.3 is 5.69 Å². The number of imidazole rings is 1. The first kappa shape index (κ1) is 21.3. The molecule has 0 bridgehead atoms. The van der Waals surface area contributed by atoms with Gasteiger partial charge in [-0.15, -0.1) is 0 Å². The number of aryl methyl sites for hydroxylation is 2. The van der Waals surface area contributed by atoms with E-state index in [2.05, 4.69) is 25.3 Å². The van der Waals surface area contributed by atoms with Crippen molar-refractivity contribution < 1.29 is 12.8 Å². The van der Waals surface area contributed by atoms with E-state index in [1.54, 1.807) is 56.6 Å². The molecule has 0 saturated carbocycles. The summed E-state index contributed by atoms with van der Waals surface area (Å²) in [5.74, 6) is -0.614. The van der Waals surface area contributed by atoms with Crippen LogP contribution in [0.15, 0.2) is 53.5 Å². The summed E-state index contributed by atoms with van der Waals surface area (Å²) in [6.45, 7) is 0. The molecule has 2 heterocycles. The number of halogens is 1. The maximum atomic E-state index is 14.4. The second kappa shape index (κ2) is 7.96. The Hall–Kier alpha value is -3.93. The lowest BCUT2D eigenvalue weighted by molar-refractivity contribution is 0.607. The van der Waals surface area contributed by atoms with E-state index in [1.165, 1.54) is 9.13 Å². The monoisotopic (exact) mass is 457 g/mol. The van der Waals surface area contributed by atoms with Gasteiger partial charge in [0.1, 0.15) is 0 Å². The molecule has 0 unspecified atom stereocenters. The fourth-order valence-corrected chi connectivity index (χ4v) is 3.80. The van der Waals surface area contributed by atoms with Gasteiger partial charge in [0.2, 0.25) is 16.0 Å². The lowest BCUT2D eigenvalue weighted by atomic mass is 10.2. The van der Waals surface area contributed by atoms with Crippen LogP contribution in [0.1, 0.15) is 0 Å². The summed E-state index contributed by atoms with van der Waals surface area (Å²) in [5, 5.41) is 5.83. The number of fused-ring (bicyclic) bond motifs is 1. The Morgan fingerprint density at radius 3 is 2.38 bits per heavy atom. The molecule has 4 rings (SSSR count). The van der Waals surface area contributed by atoms with E-state index in [0.717, 1.165) is 18.0 Å². The zero-order chi connectivity index (χ0) is 23.0. The molecule has 3 N–H and O–H groups in total. The third-order valence-corrected chi connectivity index (χ3v) is 5.31. The van der Waals surface area contributed by atoms with E-state index >= 15 is 0 Å². The standard InChI is InChI=1S/C20H20FN7O3S/c1-27-16-8-7-13(10-17(16)28(2)20(27)29)23-18-15(21)11-22-19(25-18)24-12-5-4-6-14(9-12)26-32(3,30)31/h4-11,26H,1-3H3,(H2,22,23,24,25). The average molecular weight is 457 g/mol. The molecule has 0 fully saturated rings. The first-order valence-electron chi connectivity index (χ1n) is 9.40. The van der Waals surface area contributed by atoms with E-state index in [4.69, 9.17) is 0 Å². The molecule has 0 aliphatic heterocycles. The van der Waals surface area contributed by atoms with Gasteiger partial charge in [0, 0.05) is 25.5 Å². The maximum Gasteiger partial charge on any atom is 0.328 e. The van der Waals surface area contributed by atoms with Crippen LogP contribution in [-0.4, -0.2) is 33.8 Å². The SMILES string of the molecule is Cn1c(=O)n(C)c2cc(Nc3nc(Nc4cccc(NS(C)(=O)=O)c4)ncc3F)ccc21. The molecule has 0 atom stereocenters. The molecule has 0 aliphatic carbocycles. The Balaban J connectivity index is 1.60. The number of nitrogens with zero attached hydrogens (tertiary/aromatic N) is 4. The summed E-state index contributed by atoms with van der Waals surface area (Å²) in [6.07, 6.45) is 2.08. The predicted octanol–water partition coefficient (Wildman–Crippen LogP) is 2.66. The van der Waals surface area contributed by atoms with E-state index in [0.29, 0.717) is 22.6 Å². The minimum atomic E-state index is -3.43. The highest BCUT2D eigenvalue weighted by Gasteiger charge is 2.12. The molecule has 12 heteroatoms. The van der Waals surface area contributed by atoms with E-state index in [-0.39, 0.29) is 17.5 Å². The third-order valence-electron chi connectivity index (χ3n) is 4.70. The molecule has 2 aromatic heterocycles. The van der Waals surface area contributed by atoms with Gasteiger partial charge in [-0.3, -0.25) is 13.9 Å². The number of rotatable bonds is 6. The van der Waals surface area contributed by atoms with Crippen molar-refractivity contribution in [3.63, 3.8) is 0 Å². The second-order valence-electron chi connectivity index (χ2n) is 7.20. The fourth-order valence-electron chi connectivity index (χ4n) is 3.24.